The number of aryl methyl sites for hydroxylation is 1. The molecule has 0 aliphatic carbocycles. The number of pyridine rings is 1. The largest absolute Gasteiger partial charge is 0.380 e. The van der Waals surface area contributed by atoms with Gasteiger partial charge >= 0.3 is 0 Å². The number of likely N-dealkylation sites (N-methyl/N-ethyl adjacent to an activating group) is 1. The van der Waals surface area contributed by atoms with E-state index in [4.69, 9.17) is 9.72 Å². The van der Waals surface area contributed by atoms with Crippen molar-refractivity contribution in [3.05, 3.63) is 53.6 Å². The Labute approximate surface area is 210 Å². The molecule has 0 saturated carbocycles. The molecule has 35 heavy (non-hydrogen) atoms. The van der Waals surface area contributed by atoms with Crippen LogP contribution in [0.2, 0.25) is 0 Å². The van der Waals surface area contributed by atoms with E-state index >= 15 is 0 Å². The molecule has 0 saturated heterocycles. The maximum atomic E-state index is 13.3. The maximum Gasteiger partial charge on any atom is 0.243 e. The molecular formula is C27H40N4O3S. The van der Waals surface area contributed by atoms with E-state index in [0.717, 1.165) is 47.4 Å². The van der Waals surface area contributed by atoms with Crippen LogP contribution in [0.5, 0.6) is 0 Å². The van der Waals surface area contributed by atoms with E-state index in [1.165, 1.54) is 17.1 Å². The van der Waals surface area contributed by atoms with Gasteiger partial charge in [-0.15, -0.1) is 0 Å². The molecule has 0 aliphatic heterocycles. The fourth-order valence-electron chi connectivity index (χ4n) is 4.29. The van der Waals surface area contributed by atoms with Crippen molar-refractivity contribution in [1.29, 1.82) is 0 Å². The van der Waals surface area contributed by atoms with E-state index < -0.39 is 10.0 Å². The summed E-state index contributed by atoms with van der Waals surface area (Å²) < 4.78 is 33.7. The Bertz CT molecular complexity index is 1170. The normalized spacial score (nSPS) is 13.2. The number of unbranched alkanes of at least 4 members (excludes halogenated alkanes) is 2. The molecule has 8 heteroatoms. The molecule has 0 radical (unpaired) electrons. The zero-order valence-corrected chi connectivity index (χ0v) is 22.6. The summed E-state index contributed by atoms with van der Waals surface area (Å²) in [5.74, 6) is 1.36. The second-order valence-corrected chi connectivity index (χ2v) is 11.6. The third kappa shape index (κ3) is 7.12. The number of rotatable bonds is 14. The standard InChI is InChI=1S/C27H40N4O3S/c1-6-8-9-10-26-29-24-15-16-28-25(27(24)30-26)18-21-11-13-23(14-12-21)35(32,33)31(5)22(17-20(3)4)19-34-7-2/h11-16,20,22H,6-10,17-19H2,1-5H3,(H,29,30)/t22-/m0/s1. The third-order valence-corrected chi connectivity index (χ3v) is 8.21. The van der Waals surface area contributed by atoms with Gasteiger partial charge in [-0.3, -0.25) is 4.98 Å². The van der Waals surface area contributed by atoms with Gasteiger partial charge in [0.2, 0.25) is 10.0 Å². The summed E-state index contributed by atoms with van der Waals surface area (Å²) in [5, 5.41) is 0. The van der Waals surface area contributed by atoms with Crippen LogP contribution in [-0.4, -0.2) is 54.0 Å². The molecular weight excluding hydrogens is 460 g/mol. The average Bonchev–Trinajstić information content (AvgIpc) is 3.25. The van der Waals surface area contributed by atoms with Gasteiger partial charge in [0.25, 0.3) is 0 Å². The van der Waals surface area contributed by atoms with Gasteiger partial charge in [-0.1, -0.05) is 45.7 Å². The van der Waals surface area contributed by atoms with Crippen molar-refractivity contribution >= 4 is 21.1 Å². The quantitative estimate of drug-likeness (QED) is 0.301. The predicted molar refractivity (Wildman–Crippen MR) is 141 cm³/mol. The Hall–Kier alpha value is -2.29. The molecule has 0 spiro atoms. The average molecular weight is 501 g/mol. The zero-order valence-electron chi connectivity index (χ0n) is 21.8. The number of benzene rings is 1. The van der Waals surface area contributed by atoms with Gasteiger partial charge in [0.05, 0.1) is 22.7 Å². The zero-order chi connectivity index (χ0) is 25.4. The third-order valence-electron chi connectivity index (χ3n) is 6.29. The van der Waals surface area contributed by atoms with Crippen molar-refractivity contribution in [2.75, 3.05) is 20.3 Å². The number of ether oxygens (including phenoxy) is 1. The molecule has 0 amide bonds. The summed E-state index contributed by atoms with van der Waals surface area (Å²) in [6.45, 7) is 9.26. The molecule has 7 nitrogen and oxygen atoms in total. The van der Waals surface area contributed by atoms with Crippen LogP contribution in [0.25, 0.3) is 11.0 Å². The lowest BCUT2D eigenvalue weighted by Gasteiger charge is -2.28. The first-order chi connectivity index (χ1) is 16.8. The van der Waals surface area contributed by atoms with Gasteiger partial charge in [0.15, 0.2) is 0 Å². The molecule has 1 atom stereocenters. The van der Waals surface area contributed by atoms with Crippen LogP contribution in [0.15, 0.2) is 41.4 Å². The van der Waals surface area contributed by atoms with Crippen LogP contribution in [-0.2, 0) is 27.6 Å². The first kappa shape index (κ1) is 27.3. The minimum atomic E-state index is -3.63. The van der Waals surface area contributed by atoms with E-state index in [1.54, 1.807) is 25.4 Å². The Morgan fingerprint density at radius 3 is 2.49 bits per heavy atom. The van der Waals surface area contributed by atoms with Gasteiger partial charge in [-0.05, 0) is 49.4 Å². The van der Waals surface area contributed by atoms with Gasteiger partial charge in [-0.25, -0.2) is 13.4 Å². The lowest BCUT2D eigenvalue weighted by atomic mass is 10.0. The second kappa shape index (κ2) is 12.6. The summed E-state index contributed by atoms with van der Waals surface area (Å²) in [7, 11) is -1.98. The topological polar surface area (TPSA) is 88.2 Å². The van der Waals surface area contributed by atoms with E-state index in [2.05, 4.69) is 30.7 Å². The first-order valence-corrected chi connectivity index (χ1v) is 14.2. The van der Waals surface area contributed by atoms with E-state index in [-0.39, 0.29) is 10.9 Å². The van der Waals surface area contributed by atoms with E-state index in [9.17, 15) is 8.42 Å². The van der Waals surface area contributed by atoms with Crippen molar-refractivity contribution in [3.8, 4) is 0 Å². The Kier molecular flexibility index (Phi) is 9.83. The van der Waals surface area contributed by atoms with Crippen molar-refractivity contribution in [3.63, 3.8) is 0 Å². The number of aromatic amines is 1. The lowest BCUT2D eigenvalue weighted by Crippen LogP contribution is -2.41. The molecule has 0 aliphatic rings. The van der Waals surface area contributed by atoms with Crippen LogP contribution in [0.3, 0.4) is 0 Å². The van der Waals surface area contributed by atoms with Crippen molar-refractivity contribution < 1.29 is 13.2 Å². The van der Waals surface area contributed by atoms with Crippen molar-refractivity contribution in [2.45, 2.75) is 77.2 Å². The molecule has 0 unspecified atom stereocenters. The molecule has 192 valence electrons. The second-order valence-electron chi connectivity index (χ2n) is 9.58. The van der Waals surface area contributed by atoms with Gasteiger partial charge in [0.1, 0.15) is 11.3 Å². The van der Waals surface area contributed by atoms with Gasteiger partial charge < -0.3 is 9.72 Å². The number of H-pyrrole nitrogens is 1. The van der Waals surface area contributed by atoms with Crippen molar-refractivity contribution in [1.82, 2.24) is 19.3 Å². The summed E-state index contributed by atoms with van der Waals surface area (Å²) in [6, 6.07) is 8.87. The van der Waals surface area contributed by atoms with Crippen LogP contribution >= 0.6 is 0 Å². The molecule has 3 aromatic rings. The van der Waals surface area contributed by atoms with Crippen molar-refractivity contribution in [2.24, 2.45) is 5.92 Å². The Morgan fingerprint density at radius 1 is 1.09 bits per heavy atom. The summed E-state index contributed by atoms with van der Waals surface area (Å²) in [5.41, 5.74) is 3.77. The highest BCUT2D eigenvalue weighted by Crippen LogP contribution is 2.23. The summed E-state index contributed by atoms with van der Waals surface area (Å²) >= 11 is 0. The lowest BCUT2D eigenvalue weighted by molar-refractivity contribution is 0.0954. The molecule has 1 N–H and O–H groups in total. The van der Waals surface area contributed by atoms with Crippen LogP contribution in [0, 0.1) is 5.92 Å². The Morgan fingerprint density at radius 2 is 1.83 bits per heavy atom. The van der Waals surface area contributed by atoms with Gasteiger partial charge in [-0.2, -0.15) is 4.31 Å². The minimum absolute atomic E-state index is 0.201. The van der Waals surface area contributed by atoms with Crippen LogP contribution < -0.4 is 0 Å². The first-order valence-electron chi connectivity index (χ1n) is 12.7. The van der Waals surface area contributed by atoms with E-state index in [1.807, 2.05) is 25.1 Å². The number of nitrogens with one attached hydrogen (secondary N) is 1. The monoisotopic (exact) mass is 500 g/mol. The predicted octanol–water partition coefficient (Wildman–Crippen LogP) is 5.35. The molecule has 2 aromatic heterocycles. The van der Waals surface area contributed by atoms with Crippen LogP contribution in [0.1, 0.15) is 70.5 Å². The maximum absolute atomic E-state index is 13.3. The van der Waals surface area contributed by atoms with Gasteiger partial charge in [0, 0.05) is 38.7 Å². The molecule has 3 rings (SSSR count). The number of nitrogens with zero attached hydrogens (tertiary/aromatic N) is 3. The highest BCUT2D eigenvalue weighted by Gasteiger charge is 2.28. The molecule has 0 fully saturated rings. The summed E-state index contributed by atoms with van der Waals surface area (Å²) in [4.78, 5) is 13.1. The summed E-state index contributed by atoms with van der Waals surface area (Å²) in [6.07, 6.45) is 7.55. The number of hydrogen-bond donors (Lipinski definition) is 1. The number of aromatic nitrogens is 3. The SMILES string of the molecule is CCCCCc1nc2c(Cc3ccc(S(=O)(=O)N(C)[C@H](COCC)CC(C)C)cc3)nccc2[nH]1. The Balaban J connectivity index is 1.76. The fraction of sp³-hybridized carbons (Fsp3) is 0.556. The molecule has 1 aromatic carbocycles. The highest BCUT2D eigenvalue weighted by molar-refractivity contribution is 7.89. The smallest absolute Gasteiger partial charge is 0.243 e. The number of sulfonamides is 1. The number of hydrogen-bond acceptors (Lipinski definition) is 5. The molecule has 2 heterocycles. The number of imidazole rings is 1. The number of fused-ring (bicyclic) bond motifs is 1. The highest BCUT2D eigenvalue weighted by atomic mass is 32.2. The van der Waals surface area contributed by atoms with E-state index in [0.29, 0.717) is 25.6 Å². The van der Waals surface area contributed by atoms with Crippen LogP contribution in [0.4, 0.5) is 0 Å². The minimum Gasteiger partial charge on any atom is -0.380 e. The fourth-order valence-corrected chi connectivity index (χ4v) is 5.64. The molecule has 0 bridgehead atoms.